The lowest BCUT2D eigenvalue weighted by atomic mass is 10.0. The Labute approximate surface area is 185 Å². The molecular formula is C22H33IN4O. The SMILES string of the molecule is CN=C(NCCc1cccc2ccccc12)NC1CCN(CCOC)CC1.I. The number of hydrogen-bond acceptors (Lipinski definition) is 3. The van der Waals surface area contributed by atoms with Gasteiger partial charge in [-0.1, -0.05) is 42.5 Å². The Morgan fingerprint density at radius 2 is 1.89 bits per heavy atom. The molecule has 1 heterocycles. The van der Waals surface area contributed by atoms with Crippen LogP contribution in [0.4, 0.5) is 0 Å². The monoisotopic (exact) mass is 496 g/mol. The Hall–Kier alpha value is -1.38. The molecule has 0 aliphatic carbocycles. The summed E-state index contributed by atoms with van der Waals surface area (Å²) in [7, 11) is 3.61. The number of guanidine groups is 1. The van der Waals surface area contributed by atoms with E-state index in [0.717, 1.165) is 58.0 Å². The van der Waals surface area contributed by atoms with Gasteiger partial charge in [0, 0.05) is 46.4 Å². The largest absolute Gasteiger partial charge is 0.383 e. The Balaban J connectivity index is 0.00000280. The summed E-state index contributed by atoms with van der Waals surface area (Å²) in [6, 6.07) is 15.6. The minimum atomic E-state index is 0. The second-order valence-electron chi connectivity index (χ2n) is 7.14. The third-order valence-corrected chi connectivity index (χ3v) is 5.33. The first-order chi connectivity index (χ1) is 13.3. The van der Waals surface area contributed by atoms with Crippen LogP contribution in [0.3, 0.4) is 0 Å². The van der Waals surface area contributed by atoms with E-state index in [1.165, 1.54) is 16.3 Å². The molecular weight excluding hydrogens is 463 g/mol. The molecule has 5 nitrogen and oxygen atoms in total. The highest BCUT2D eigenvalue weighted by Crippen LogP contribution is 2.18. The fraction of sp³-hybridized carbons (Fsp3) is 0.500. The van der Waals surface area contributed by atoms with Gasteiger partial charge in [-0.05, 0) is 35.6 Å². The second kappa shape index (κ2) is 12.2. The maximum atomic E-state index is 5.17. The average Bonchev–Trinajstić information content (AvgIpc) is 2.72. The van der Waals surface area contributed by atoms with E-state index in [1.54, 1.807) is 7.11 Å². The zero-order valence-corrected chi connectivity index (χ0v) is 19.3. The van der Waals surface area contributed by atoms with Gasteiger partial charge in [0.25, 0.3) is 0 Å². The molecule has 0 aromatic heterocycles. The highest BCUT2D eigenvalue weighted by atomic mass is 127. The van der Waals surface area contributed by atoms with Crippen LogP contribution in [-0.4, -0.2) is 63.8 Å². The van der Waals surface area contributed by atoms with Gasteiger partial charge < -0.3 is 20.3 Å². The topological polar surface area (TPSA) is 48.9 Å². The van der Waals surface area contributed by atoms with E-state index in [9.17, 15) is 0 Å². The number of nitrogens with one attached hydrogen (secondary N) is 2. The summed E-state index contributed by atoms with van der Waals surface area (Å²) in [5.74, 6) is 0.908. The van der Waals surface area contributed by atoms with E-state index in [-0.39, 0.29) is 24.0 Å². The van der Waals surface area contributed by atoms with Crippen molar-refractivity contribution in [3.8, 4) is 0 Å². The summed E-state index contributed by atoms with van der Waals surface area (Å²) in [5, 5.41) is 9.71. The molecule has 2 aromatic carbocycles. The van der Waals surface area contributed by atoms with Crippen molar-refractivity contribution in [2.45, 2.75) is 25.3 Å². The van der Waals surface area contributed by atoms with Crippen molar-refractivity contribution in [3.63, 3.8) is 0 Å². The van der Waals surface area contributed by atoms with Crippen LogP contribution < -0.4 is 10.6 Å². The van der Waals surface area contributed by atoms with Crippen molar-refractivity contribution in [1.29, 1.82) is 0 Å². The lowest BCUT2D eigenvalue weighted by Gasteiger charge is -2.32. The lowest BCUT2D eigenvalue weighted by molar-refractivity contribution is 0.128. The summed E-state index contributed by atoms with van der Waals surface area (Å²) in [5.41, 5.74) is 1.38. The van der Waals surface area contributed by atoms with E-state index in [2.05, 4.69) is 63.0 Å². The quantitative estimate of drug-likeness (QED) is 0.351. The minimum Gasteiger partial charge on any atom is -0.383 e. The van der Waals surface area contributed by atoms with Crippen molar-refractivity contribution >= 4 is 40.7 Å². The first kappa shape index (κ1) is 22.9. The Morgan fingerprint density at radius 1 is 1.14 bits per heavy atom. The molecule has 0 atom stereocenters. The number of benzene rings is 2. The zero-order valence-electron chi connectivity index (χ0n) is 17.0. The van der Waals surface area contributed by atoms with Gasteiger partial charge in [-0.25, -0.2) is 0 Å². The van der Waals surface area contributed by atoms with Crippen molar-refractivity contribution in [1.82, 2.24) is 15.5 Å². The van der Waals surface area contributed by atoms with Gasteiger partial charge in [-0.2, -0.15) is 0 Å². The van der Waals surface area contributed by atoms with Gasteiger partial charge in [-0.3, -0.25) is 4.99 Å². The standard InChI is InChI=1S/C22H32N4O.HI/c1-23-22(25-20-11-14-26(15-12-20)16-17-27-2)24-13-10-19-8-5-7-18-6-3-4-9-21(18)19;/h3-9,20H,10-17H2,1-2H3,(H2,23,24,25);1H. The van der Waals surface area contributed by atoms with Gasteiger partial charge in [0.1, 0.15) is 0 Å². The Kier molecular flexibility index (Phi) is 10.0. The van der Waals surface area contributed by atoms with Gasteiger partial charge in [0.15, 0.2) is 5.96 Å². The number of methoxy groups -OCH3 is 1. The number of hydrogen-bond donors (Lipinski definition) is 2. The number of rotatable bonds is 7. The zero-order chi connectivity index (χ0) is 18.9. The number of ether oxygens (including phenoxy) is 1. The van der Waals surface area contributed by atoms with E-state index in [0.29, 0.717) is 6.04 Å². The number of halogens is 1. The van der Waals surface area contributed by atoms with Crippen LogP contribution in [0.25, 0.3) is 10.8 Å². The Morgan fingerprint density at radius 3 is 2.64 bits per heavy atom. The molecule has 0 unspecified atom stereocenters. The second-order valence-corrected chi connectivity index (χ2v) is 7.14. The summed E-state index contributed by atoms with van der Waals surface area (Å²) in [4.78, 5) is 6.88. The number of aliphatic imine (C=N–C) groups is 1. The van der Waals surface area contributed by atoms with Gasteiger partial charge in [0.2, 0.25) is 0 Å². The van der Waals surface area contributed by atoms with Crippen LogP contribution in [-0.2, 0) is 11.2 Å². The van der Waals surface area contributed by atoms with Crippen molar-refractivity contribution in [2.24, 2.45) is 4.99 Å². The molecule has 1 fully saturated rings. The van der Waals surface area contributed by atoms with Crippen LogP contribution in [0.15, 0.2) is 47.5 Å². The van der Waals surface area contributed by atoms with Gasteiger partial charge in [0.05, 0.1) is 6.61 Å². The molecule has 6 heteroatoms. The normalized spacial score (nSPS) is 16.0. The molecule has 0 spiro atoms. The molecule has 154 valence electrons. The number of fused-ring (bicyclic) bond motifs is 1. The van der Waals surface area contributed by atoms with Gasteiger partial charge in [-0.15, -0.1) is 24.0 Å². The van der Waals surface area contributed by atoms with Gasteiger partial charge >= 0.3 is 0 Å². The number of likely N-dealkylation sites (tertiary alicyclic amines) is 1. The minimum absolute atomic E-state index is 0. The highest BCUT2D eigenvalue weighted by Gasteiger charge is 2.19. The Bertz CT molecular complexity index is 739. The molecule has 1 aliphatic heterocycles. The van der Waals surface area contributed by atoms with Crippen LogP contribution in [0.5, 0.6) is 0 Å². The van der Waals surface area contributed by atoms with E-state index < -0.39 is 0 Å². The fourth-order valence-electron chi connectivity index (χ4n) is 3.74. The van der Waals surface area contributed by atoms with Crippen LogP contribution in [0.2, 0.25) is 0 Å². The third kappa shape index (κ3) is 6.60. The van der Waals surface area contributed by atoms with Crippen molar-refractivity contribution in [2.75, 3.05) is 46.9 Å². The van der Waals surface area contributed by atoms with E-state index in [4.69, 9.17) is 4.74 Å². The molecule has 2 aromatic rings. The average molecular weight is 496 g/mol. The van der Waals surface area contributed by atoms with Crippen molar-refractivity contribution in [3.05, 3.63) is 48.0 Å². The molecule has 1 aliphatic rings. The molecule has 28 heavy (non-hydrogen) atoms. The van der Waals surface area contributed by atoms with Crippen molar-refractivity contribution < 1.29 is 4.74 Å². The maximum Gasteiger partial charge on any atom is 0.191 e. The lowest BCUT2D eigenvalue weighted by Crippen LogP contribution is -2.49. The predicted octanol–water partition coefficient (Wildman–Crippen LogP) is 3.28. The molecule has 0 bridgehead atoms. The third-order valence-electron chi connectivity index (χ3n) is 5.33. The smallest absolute Gasteiger partial charge is 0.191 e. The van der Waals surface area contributed by atoms with Crippen LogP contribution >= 0.6 is 24.0 Å². The summed E-state index contributed by atoms with van der Waals surface area (Å²) >= 11 is 0. The molecule has 0 radical (unpaired) electrons. The van der Waals surface area contributed by atoms with E-state index in [1.807, 2.05) is 7.05 Å². The van der Waals surface area contributed by atoms with Crippen LogP contribution in [0, 0.1) is 0 Å². The fourth-order valence-corrected chi connectivity index (χ4v) is 3.74. The first-order valence-corrected chi connectivity index (χ1v) is 9.95. The molecule has 0 amide bonds. The highest BCUT2D eigenvalue weighted by molar-refractivity contribution is 14.0. The summed E-state index contributed by atoms with van der Waals surface area (Å²) in [6.45, 7) is 4.96. The molecule has 2 N–H and O–H groups in total. The van der Waals surface area contributed by atoms with Crippen LogP contribution in [0.1, 0.15) is 18.4 Å². The predicted molar refractivity (Wildman–Crippen MR) is 129 cm³/mol. The number of piperidine rings is 1. The number of nitrogens with zero attached hydrogens (tertiary/aromatic N) is 2. The molecule has 3 rings (SSSR count). The molecule has 0 saturated carbocycles. The van der Waals surface area contributed by atoms with E-state index >= 15 is 0 Å². The summed E-state index contributed by atoms with van der Waals surface area (Å²) in [6.07, 6.45) is 3.28. The molecule has 1 saturated heterocycles. The maximum absolute atomic E-state index is 5.17. The summed E-state index contributed by atoms with van der Waals surface area (Å²) < 4.78 is 5.17. The first-order valence-electron chi connectivity index (χ1n) is 9.95.